The first kappa shape index (κ1) is 13.7. The molecule has 100 valence electrons. The van der Waals surface area contributed by atoms with Crippen LogP contribution in [-0.2, 0) is 18.3 Å². The summed E-state index contributed by atoms with van der Waals surface area (Å²) < 4.78 is 16.0. The maximum Gasteiger partial charge on any atom is 0.303 e. The van der Waals surface area contributed by atoms with Gasteiger partial charge >= 0.3 is 5.97 Å². The summed E-state index contributed by atoms with van der Waals surface area (Å²) in [6.45, 7) is 0. The van der Waals surface area contributed by atoms with Crippen molar-refractivity contribution in [3.05, 3.63) is 40.2 Å². The van der Waals surface area contributed by atoms with Crippen LogP contribution < -0.4 is 0 Å². The van der Waals surface area contributed by atoms with Crippen LogP contribution in [0.4, 0.5) is 4.39 Å². The molecule has 0 atom stereocenters. The lowest BCUT2D eigenvalue weighted by Crippen LogP contribution is -1.99. The molecule has 4 nitrogen and oxygen atoms in total. The van der Waals surface area contributed by atoms with E-state index in [1.54, 1.807) is 29.9 Å². The van der Waals surface area contributed by atoms with Gasteiger partial charge in [-0.1, -0.05) is 12.1 Å². The minimum Gasteiger partial charge on any atom is -0.481 e. The Labute approximate surface area is 118 Å². The highest BCUT2D eigenvalue weighted by molar-refractivity contribution is 9.10. The standard InChI is InChI=1S/C13H12BrFN2O2/c1-17-13(8-4-2-3-5-9(8)15)12(14)10(16-17)6-7-11(18)19/h2-5H,6-7H2,1H3,(H,18,19). The smallest absolute Gasteiger partial charge is 0.303 e. The van der Waals surface area contributed by atoms with Crippen molar-refractivity contribution in [2.45, 2.75) is 12.8 Å². The predicted octanol–water partition coefficient (Wildman–Crippen LogP) is 3.01. The second kappa shape index (κ2) is 5.52. The molecule has 0 aliphatic rings. The lowest BCUT2D eigenvalue weighted by Gasteiger charge is -2.04. The van der Waals surface area contributed by atoms with Crippen LogP contribution in [0.5, 0.6) is 0 Å². The number of aliphatic carboxylic acids is 1. The van der Waals surface area contributed by atoms with Gasteiger partial charge < -0.3 is 5.11 Å². The monoisotopic (exact) mass is 326 g/mol. The van der Waals surface area contributed by atoms with Crippen molar-refractivity contribution in [2.24, 2.45) is 7.05 Å². The number of nitrogens with zero attached hydrogens (tertiary/aromatic N) is 2. The van der Waals surface area contributed by atoms with E-state index in [1.807, 2.05) is 0 Å². The molecule has 2 aromatic rings. The number of benzene rings is 1. The number of aromatic nitrogens is 2. The van der Waals surface area contributed by atoms with Crippen LogP contribution in [0.2, 0.25) is 0 Å². The summed E-state index contributed by atoms with van der Waals surface area (Å²) >= 11 is 3.38. The maximum atomic E-state index is 13.8. The topological polar surface area (TPSA) is 55.1 Å². The van der Waals surface area contributed by atoms with E-state index < -0.39 is 5.97 Å². The summed E-state index contributed by atoms with van der Waals surface area (Å²) in [7, 11) is 1.71. The molecule has 0 unspecified atom stereocenters. The fraction of sp³-hybridized carbons (Fsp3) is 0.231. The van der Waals surface area contributed by atoms with Gasteiger partial charge in [-0.25, -0.2) is 4.39 Å². The molecule has 0 fully saturated rings. The Bertz CT molecular complexity index is 625. The SMILES string of the molecule is Cn1nc(CCC(=O)O)c(Br)c1-c1ccccc1F. The van der Waals surface area contributed by atoms with Crippen LogP contribution in [0.3, 0.4) is 0 Å². The summed E-state index contributed by atoms with van der Waals surface area (Å²) in [4.78, 5) is 10.6. The Morgan fingerprint density at radius 1 is 1.47 bits per heavy atom. The van der Waals surface area contributed by atoms with E-state index in [9.17, 15) is 9.18 Å². The number of rotatable bonds is 4. The quantitative estimate of drug-likeness (QED) is 0.939. The van der Waals surface area contributed by atoms with Gasteiger partial charge in [-0.05, 0) is 28.1 Å². The fourth-order valence-corrected chi connectivity index (χ4v) is 2.63. The molecule has 0 aliphatic carbocycles. The molecule has 0 saturated carbocycles. The minimum atomic E-state index is -0.884. The van der Waals surface area contributed by atoms with Crippen molar-refractivity contribution in [1.29, 1.82) is 0 Å². The molecule has 0 radical (unpaired) electrons. The number of halogens is 2. The Morgan fingerprint density at radius 2 is 2.16 bits per heavy atom. The third-order valence-corrected chi connectivity index (χ3v) is 3.59. The molecule has 6 heteroatoms. The highest BCUT2D eigenvalue weighted by atomic mass is 79.9. The van der Waals surface area contributed by atoms with Crippen molar-refractivity contribution >= 4 is 21.9 Å². The van der Waals surface area contributed by atoms with Crippen LogP contribution in [0.25, 0.3) is 11.3 Å². The molecule has 2 rings (SSSR count). The minimum absolute atomic E-state index is 0.00761. The highest BCUT2D eigenvalue weighted by Crippen LogP contribution is 2.32. The molecule has 0 amide bonds. The van der Waals surface area contributed by atoms with Crippen molar-refractivity contribution in [3.8, 4) is 11.3 Å². The third-order valence-electron chi connectivity index (χ3n) is 2.76. The normalized spacial score (nSPS) is 10.7. The number of carboxylic acid groups (broad SMARTS) is 1. The number of hydrogen-bond acceptors (Lipinski definition) is 2. The van der Waals surface area contributed by atoms with Crippen molar-refractivity contribution in [2.75, 3.05) is 0 Å². The zero-order chi connectivity index (χ0) is 14.0. The van der Waals surface area contributed by atoms with Gasteiger partial charge in [-0.3, -0.25) is 9.48 Å². The molecule has 0 spiro atoms. The van der Waals surface area contributed by atoms with Crippen molar-refractivity contribution in [3.63, 3.8) is 0 Å². The van der Waals surface area contributed by atoms with Crippen LogP contribution in [0, 0.1) is 5.82 Å². The van der Waals surface area contributed by atoms with Gasteiger partial charge in [0.1, 0.15) is 5.82 Å². The summed E-state index contributed by atoms with van der Waals surface area (Å²) in [5.74, 6) is -1.22. The van der Waals surface area contributed by atoms with Crippen LogP contribution >= 0.6 is 15.9 Å². The molecule has 0 aliphatic heterocycles. The van der Waals surface area contributed by atoms with E-state index in [2.05, 4.69) is 21.0 Å². The Morgan fingerprint density at radius 3 is 2.79 bits per heavy atom. The zero-order valence-electron chi connectivity index (χ0n) is 10.2. The first-order valence-corrected chi connectivity index (χ1v) is 6.48. The molecular formula is C13H12BrFN2O2. The summed E-state index contributed by atoms with van der Waals surface area (Å²) in [6.07, 6.45) is 0.296. The number of hydrogen-bond donors (Lipinski definition) is 1. The van der Waals surface area contributed by atoms with Gasteiger partial charge in [0.05, 0.1) is 22.3 Å². The number of carbonyl (C=O) groups is 1. The largest absolute Gasteiger partial charge is 0.481 e. The van der Waals surface area contributed by atoms with Crippen molar-refractivity contribution in [1.82, 2.24) is 9.78 Å². The number of aryl methyl sites for hydroxylation is 2. The zero-order valence-corrected chi connectivity index (χ0v) is 11.8. The van der Waals surface area contributed by atoms with E-state index in [0.29, 0.717) is 27.8 Å². The Balaban J connectivity index is 2.42. The number of carboxylic acids is 1. The van der Waals surface area contributed by atoms with E-state index >= 15 is 0 Å². The fourth-order valence-electron chi connectivity index (χ4n) is 1.88. The van der Waals surface area contributed by atoms with Crippen LogP contribution in [0.15, 0.2) is 28.7 Å². The van der Waals surface area contributed by atoms with Crippen molar-refractivity contribution < 1.29 is 14.3 Å². The van der Waals surface area contributed by atoms with E-state index in [0.717, 1.165) is 0 Å². The molecule has 0 bridgehead atoms. The van der Waals surface area contributed by atoms with Gasteiger partial charge in [-0.15, -0.1) is 0 Å². The molecule has 1 aromatic carbocycles. The highest BCUT2D eigenvalue weighted by Gasteiger charge is 2.18. The average Bonchev–Trinajstić information content (AvgIpc) is 2.63. The summed E-state index contributed by atoms with van der Waals surface area (Å²) in [6, 6.07) is 6.41. The first-order valence-electron chi connectivity index (χ1n) is 5.68. The maximum absolute atomic E-state index is 13.8. The van der Waals surface area contributed by atoms with E-state index in [4.69, 9.17) is 5.11 Å². The third kappa shape index (κ3) is 2.84. The Hall–Kier alpha value is -1.69. The van der Waals surface area contributed by atoms with E-state index in [-0.39, 0.29) is 12.2 Å². The lowest BCUT2D eigenvalue weighted by molar-refractivity contribution is -0.136. The average molecular weight is 327 g/mol. The van der Waals surface area contributed by atoms with Gasteiger partial charge in [0.2, 0.25) is 0 Å². The van der Waals surface area contributed by atoms with Crippen LogP contribution in [0.1, 0.15) is 12.1 Å². The summed E-state index contributed by atoms with van der Waals surface area (Å²) in [5, 5.41) is 12.9. The van der Waals surface area contributed by atoms with E-state index in [1.165, 1.54) is 6.07 Å². The molecule has 0 saturated heterocycles. The van der Waals surface area contributed by atoms with Gasteiger partial charge in [0.25, 0.3) is 0 Å². The summed E-state index contributed by atoms with van der Waals surface area (Å²) in [5.41, 5.74) is 1.66. The first-order chi connectivity index (χ1) is 9.00. The Kier molecular flexibility index (Phi) is 3.99. The second-order valence-corrected chi connectivity index (χ2v) is 4.90. The molecule has 1 N–H and O–H groups in total. The van der Waals surface area contributed by atoms with Gasteiger partial charge in [0, 0.05) is 19.0 Å². The molecule has 1 aromatic heterocycles. The van der Waals surface area contributed by atoms with Gasteiger partial charge in [0.15, 0.2) is 0 Å². The predicted molar refractivity (Wildman–Crippen MR) is 72.3 cm³/mol. The van der Waals surface area contributed by atoms with Gasteiger partial charge in [-0.2, -0.15) is 5.10 Å². The molecule has 1 heterocycles. The molecular weight excluding hydrogens is 315 g/mol. The molecule has 19 heavy (non-hydrogen) atoms. The lowest BCUT2D eigenvalue weighted by atomic mass is 10.1. The second-order valence-electron chi connectivity index (χ2n) is 4.11. The van der Waals surface area contributed by atoms with Crippen LogP contribution in [-0.4, -0.2) is 20.9 Å².